The number of ether oxygens (including phenoxy) is 2. The van der Waals surface area contributed by atoms with Gasteiger partial charge in [-0.3, -0.25) is 14.2 Å². The van der Waals surface area contributed by atoms with E-state index in [1.165, 1.54) is 11.3 Å². The van der Waals surface area contributed by atoms with Crippen molar-refractivity contribution in [3.8, 4) is 11.5 Å². The van der Waals surface area contributed by atoms with Gasteiger partial charge in [-0.1, -0.05) is 41.1 Å². The van der Waals surface area contributed by atoms with Crippen molar-refractivity contribution in [2.24, 2.45) is 4.99 Å². The highest BCUT2D eigenvalue weighted by atomic mass is 35.5. The van der Waals surface area contributed by atoms with E-state index < -0.39 is 6.04 Å². The number of hydrogen-bond donors (Lipinski definition) is 0. The van der Waals surface area contributed by atoms with Crippen molar-refractivity contribution in [1.82, 2.24) is 9.47 Å². The maximum absolute atomic E-state index is 13.9. The number of amides is 1. The summed E-state index contributed by atoms with van der Waals surface area (Å²) in [4.78, 5) is 34.6. The van der Waals surface area contributed by atoms with Gasteiger partial charge in [-0.15, -0.1) is 0 Å². The summed E-state index contributed by atoms with van der Waals surface area (Å²) in [5.41, 5.74) is 2.11. The predicted molar refractivity (Wildman–Crippen MR) is 143 cm³/mol. The Labute approximate surface area is 218 Å². The zero-order valence-corrected chi connectivity index (χ0v) is 22.4. The molecule has 0 N–H and O–H groups in total. The summed E-state index contributed by atoms with van der Waals surface area (Å²) in [6, 6.07) is 12.0. The average molecular weight is 526 g/mol. The number of likely N-dealkylation sites (N-methyl/N-ethyl adjacent to an activating group) is 1. The van der Waals surface area contributed by atoms with Crippen molar-refractivity contribution in [2.45, 2.75) is 26.8 Å². The molecule has 0 radical (unpaired) electrons. The molecule has 188 valence electrons. The van der Waals surface area contributed by atoms with Crippen LogP contribution in [-0.2, 0) is 4.79 Å². The number of rotatable bonds is 7. The molecule has 36 heavy (non-hydrogen) atoms. The van der Waals surface area contributed by atoms with Gasteiger partial charge in [0.15, 0.2) is 4.80 Å². The van der Waals surface area contributed by atoms with E-state index in [1.807, 2.05) is 45.0 Å². The monoisotopic (exact) mass is 525 g/mol. The number of halogens is 1. The number of thiazole rings is 1. The number of aromatic nitrogens is 1. The van der Waals surface area contributed by atoms with Gasteiger partial charge in [-0.2, -0.15) is 0 Å². The molecule has 2 heterocycles. The van der Waals surface area contributed by atoms with E-state index in [1.54, 1.807) is 48.0 Å². The van der Waals surface area contributed by atoms with Crippen molar-refractivity contribution in [1.29, 1.82) is 0 Å². The van der Waals surface area contributed by atoms with E-state index in [-0.39, 0.29) is 11.5 Å². The summed E-state index contributed by atoms with van der Waals surface area (Å²) in [5, 5.41) is 0.544. The SMILES string of the molecule is CCN(CC)C(=O)C1=C(C)N=c2s/c(=C/c3ccccc3Cl)c(=O)n2[C@H]1c1cc(OC)ccc1OC. The molecule has 0 unspecified atom stereocenters. The Hall–Kier alpha value is -3.36. The minimum absolute atomic E-state index is 0.170. The van der Waals surface area contributed by atoms with Crippen molar-refractivity contribution in [3.05, 3.63) is 89.6 Å². The van der Waals surface area contributed by atoms with Crippen LogP contribution in [0.3, 0.4) is 0 Å². The molecule has 1 aliphatic heterocycles. The fourth-order valence-corrected chi connectivity index (χ4v) is 5.58. The summed E-state index contributed by atoms with van der Waals surface area (Å²) in [6.07, 6.45) is 1.76. The molecule has 0 aliphatic carbocycles. The Morgan fingerprint density at radius 3 is 2.53 bits per heavy atom. The number of benzene rings is 2. The molecular weight excluding hydrogens is 498 g/mol. The molecule has 1 aliphatic rings. The molecule has 1 amide bonds. The number of fused-ring (bicyclic) bond motifs is 1. The first-order chi connectivity index (χ1) is 17.3. The number of hydrogen-bond acceptors (Lipinski definition) is 6. The van der Waals surface area contributed by atoms with E-state index in [9.17, 15) is 9.59 Å². The fourth-order valence-electron chi connectivity index (χ4n) is 4.36. The lowest BCUT2D eigenvalue weighted by atomic mass is 9.93. The first kappa shape index (κ1) is 25.7. The number of methoxy groups -OCH3 is 2. The molecule has 0 saturated carbocycles. The molecule has 9 heteroatoms. The van der Waals surface area contributed by atoms with Crippen LogP contribution >= 0.6 is 22.9 Å². The number of allylic oxidation sites excluding steroid dienone is 1. The van der Waals surface area contributed by atoms with Crippen LogP contribution in [0.1, 0.15) is 37.9 Å². The van der Waals surface area contributed by atoms with Crippen LogP contribution in [0.25, 0.3) is 6.08 Å². The topological polar surface area (TPSA) is 73.1 Å². The van der Waals surface area contributed by atoms with Gasteiger partial charge in [0.25, 0.3) is 11.5 Å². The smallest absolute Gasteiger partial charge is 0.271 e. The van der Waals surface area contributed by atoms with Crippen LogP contribution < -0.4 is 24.4 Å². The lowest BCUT2D eigenvalue weighted by Gasteiger charge is -2.30. The second-order valence-electron chi connectivity index (χ2n) is 8.19. The lowest BCUT2D eigenvalue weighted by Crippen LogP contribution is -2.43. The summed E-state index contributed by atoms with van der Waals surface area (Å²) in [6.45, 7) is 6.73. The lowest BCUT2D eigenvalue weighted by molar-refractivity contribution is -0.127. The molecule has 0 bridgehead atoms. The van der Waals surface area contributed by atoms with Crippen LogP contribution in [0.5, 0.6) is 11.5 Å². The second kappa shape index (κ2) is 10.7. The maximum Gasteiger partial charge on any atom is 0.271 e. The predicted octanol–water partition coefficient (Wildman–Crippen LogP) is 3.77. The number of carbonyl (C=O) groups excluding carboxylic acids is 1. The van der Waals surface area contributed by atoms with E-state index in [2.05, 4.69) is 0 Å². The van der Waals surface area contributed by atoms with Crippen LogP contribution in [-0.4, -0.2) is 42.7 Å². The molecule has 1 aromatic heterocycles. The molecular formula is C27H28ClN3O4S. The Morgan fingerprint density at radius 1 is 1.17 bits per heavy atom. The van der Waals surface area contributed by atoms with Gasteiger partial charge < -0.3 is 14.4 Å². The normalized spacial score (nSPS) is 15.4. The van der Waals surface area contributed by atoms with E-state index in [0.29, 0.717) is 55.8 Å². The molecule has 1 atom stereocenters. The first-order valence-electron chi connectivity index (χ1n) is 11.6. The van der Waals surface area contributed by atoms with Gasteiger partial charge in [0.1, 0.15) is 17.5 Å². The van der Waals surface area contributed by atoms with E-state index in [0.717, 1.165) is 5.56 Å². The summed E-state index contributed by atoms with van der Waals surface area (Å²) < 4.78 is 13.2. The van der Waals surface area contributed by atoms with Crippen LogP contribution in [0.15, 0.2) is 63.5 Å². The Morgan fingerprint density at radius 2 is 1.89 bits per heavy atom. The van der Waals surface area contributed by atoms with Crippen molar-refractivity contribution in [2.75, 3.05) is 27.3 Å². The van der Waals surface area contributed by atoms with Gasteiger partial charge in [-0.25, -0.2) is 4.99 Å². The summed E-state index contributed by atoms with van der Waals surface area (Å²) >= 11 is 7.62. The van der Waals surface area contributed by atoms with Gasteiger partial charge in [0.05, 0.1) is 30.0 Å². The van der Waals surface area contributed by atoms with Crippen LogP contribution in [0, 0.1) is 0 Å². The van der Waals surface area contributed by atoms with Gasteiger partial charge >= 0.3 is 0 Å². The molecule has 0 spiro atoms. The van der Waals surface area contributed by atoms with Crippen LogP contribution in [0.4, 0.5) is 0 Å². The summed E-state index contributed by atoms with van der Waals surface area (Å²) in [7, 11) is 3.14. The second-order valence-corrected chi connectivity index (χ2v) is 9.60. The third-order valence-electron chi connectivity index (χ3n) is 6.23. The number of carbonyl (C=O) groups is 1. The van der Waals surface area contributed by atoms with Gasteiger partial charge in [0, 0.05) is 23.7 Å². The molecule has 4 rings (SSSR count). The first-order valence-corrected chi connectivity index (χ1v) is 12.8. The molecule has 0 saturated heterocycles. The Balaban J connectivity index is 2.04. The maximum atomic E-state index is 13.9. The quantitative estimate of drug-likeness (QED) is 0.470. The third-order valence-corrected chi connectivity index (χ3v) is 7.55. The fraction of sp³-hybridized carbons (Fsp3) is 0.296. The van der Waals surface area contributed by atoms with Crippen LogP contribution in [0.2, 0.25) is 5.02 Å². The van der Waals surface area contributed by atoms with Gasteiger partial charge in [-0.05, 0) is 56.7 Å². The Bertz CT molecular complexity index is 1520. The summed E-state index contributed by atoms with van der Waals surface area (Å²) in [5.74, 6) is 0.964. The highest BCUT2D eigenvalue weighted by Crippen LogP contribution is 2.38. The van der Waals surface area contributed by atoms with E-state index in [4.69, 9.17) is 26.1 Å². The molecule has 0 fully saturated rings. The zero-order valence-electron chi connectivity index (χ0n) is 20.9. The minimum atomic E-state index is -0.743. The Kier molecular flexibility index (Phi) is 7.66. The highest BCUT2D eigenvalue weighted by molar-refractivity contribution is 7.07. The third kappa shape index (κ3) is 4.58. The van der Waals surface area contributed by atoms with Crippen molar-refractivity contribution >= 4 is 34.9 Å². The molecule has 2 aromatic carbocycles. The van der Waals surface area contributed by atoms with Crippen molar-refractivity contribution in [3.63, 3.8) is 0 Å². The van der Waals surface area contributed by atoms with Crippen molar-refractivity contribution < 1.29 is 14.3 Å². The van der Waals surface area contributed by atoms with E-state index >= 15 is 0 Å². The number of nitrogens with zero attached hydrogens (tertiary/aromatic N) is 3. The molecule has 3 aromatic rings. The average Bonchev–Trinajstić information content (AvgIpc) is 3.19. The minimum Gasteiger partial charge on any atom is -0.497 e. The zero-order chi connectivity index (χ0) is 26.0. The largest absolute Gasteiger partial charge is 0.497 e. The molecule has 7 nitrogen and oxygen atoms in total. The standard InChI is InChI=1S/C27H28ClN3O4S/c1-6-30(7-2)26(33)23-16(3)29-27-31(24(23)19-15-18(34-4)12-13-21(19)35-5)25(32)22(36-27)14-17-10-8-9-11-20(17)28/h8-15,24H,6-7H2,1-5H3/b22-14+/t24-/m0/s1. The highest BCUT2D eigenvalue weighted by Gasteiger charge is 2.36. The van der Waals surface area contributed by atoms with Gasteiger partial charge in [0.2, 0.25) is 0 Å².